The summed E-state index contributed by atoms with van der Waals surface area (Å²) in [6.07, 6.45) is 3.20. The molecule has 0 heterocycles. The lowest BCUT2D eigenvalue weighted by molar-refractivity contribution is -0.140. The van der Waals surface area contributed by atoms with E-state index < -0.39 is 31.1 Å². The molecule has 7 heteroatoms. The third-order valence-corrected chi connectivity index (χ3v) is 2.47. The maximum atomic E-state index is 11.5. The molecule has 0 saturated heterocycles. The van der Waals surface area contributed by atoms with Gasteiger partial charge in [-0.1, -0.05) is 12.8 Å². The molecule has 1 aliphatic carbocycles. The molecule has 0 unspecified atom stereocenters. The number of nitrogens with zero attached hydrogens (tertiary/aromatic N) is 1. The maximum Gasteiger partial charge on any atom is 0.323 e. The highest BCUT2D eigenvalue weighted by Gasteiger charge is 2.22. The largest absolute Gasteiger partial charge is 0.480 e. The molecular formula is C10H16N2O5. The predicted octanol–water partition coefficient (Wildman–Crippen LogP) is -0.0327. The van der Waals surface area contributed by atoms with Crippen molar-refractivity contribution in [2.75, 3.05) is 19.6 Å². The Morgan fingerprint density at radius 2 is 1.65 bits per heavy atom. The van der Waals surface area contributed by atoms with Gasteiger partial charge in [-0.25, -0.2) is 4.79 Å². The van der Waals surface area contributed by atoms with Crippen LogP contribution >= 0.6 is 0 Å². The number of rotatable bonds is 7. The molecule has 0 aromatic carbocycles. The predicted molar refractivity (Wildman–Crippen MR) is 57.6 cm³/mol. The van der Waals surface area contributed by atoms with E-state index in [2.05, 4.69) is 5.32 Å². The van der Waals surface area contributed by atoms with Crippen molar-refractivity contribution < 1.29 is 24.6 Å². The first-order valence-corrected chi connectivity index (χ1v) is 5.45. The third-order valence-electron chi connectivity index (χ3n) is 2.47. The van der Waals surface area contributed by atoms with Crippen LogP contribution < -0.4 is 5.32 Å². The number of carbonyl (C=O) groups is 3. The number of carboxylic acids is 2. The van der Waals surface area contributed by atoms with Gasteiger partial charge in [0.25, 0.3) is 0 Å². The molecule has 0 bridgehead atoms. The van der Waals surface area contributed by atoms with Crippen LogP contribution in [0.25, 0.3) is 0 Å². The van der Waals surface area contributed by atoms with E-state index in [1.165, 1.54) is 12.8 Å². The van der Waals surface area contributed by atoms with Crippen molar-refractivity contribution in [2.24, 2.45) is 5.92 Å². The molecule has 1 saturated carbocycles. The Kier molecular flexibility index (Phi) is 4.74. The highest BCUT2D eigenvalue weighted by Crippen LogP contribution is 2.31. The summed E-state index contributed by atoms with van der Waals surface area (Å²) in [5.74, 6) is -1.81. The minimum atomic E-state index is -1.23. The van der Waals surface area contributed by atoms with Crippen molar-refractivity contribution in [2.45, 2.75) is 19.3 Å². The fourth-order valence-electron chi connectivity index (χ4n) is 1.43. The molecule has 0 atom stereocenters. The Labute approximate surface area is 98.4 Å². The zero-order valence-corrected chi connectivity index (χ0v) is 9.39. The molecule has 0 radical (unpaired) electrons. The summed E-state index contributed by atoms with van der Waals surface area (Å²) >= 11 is 0. The number of nitrogens with one attached hydrogen (secondary N) is 1. The Morgan fingerprint density at radius 3 is 2.06 bits per heavy atom. The van der Waals surface area contributed by atoms with Gasteiger partial charge in [-0.3, -0.25) is 9.59 Å². The molecule has 0 spiro atoms. The van der Waals surface area contributed by atoms with E-state index in [1.807, 2.05) is 0 Å². The summed E-state index contributed by atoms with van der Waals surface area (Å²) in [7, 11) is 0. The highest BCUT2D eigenvalue weighted by molar-refractivity contribution is 5.84. The van der Waals surface area contributed by atoms with Crippen LogP contribution in [0.4, 0.5) is 4.79 Å². The lowest BCUT2D eigenvalue weighted by Gasteiger charge is -2.18. The summed E-state index contributed by atoms with van der Waals surface area (Å²) in [6.45, 7) is -0.762. The number of carbonyl (C=O) groups excluding carboxylic acids is 1. The highest BCUT2D eigenvalue weighted by atomic mass is 16.4. The lowest BCUT2D eigenvalue weighted by atomic mass is 10.3. The van der Waals surface area contributed by atoms with Gasteiger partial charge in [0.15, 0.2) is 0 Å². The van der Waals surface area contributed by atoms with Crippen LogP contribution in [0.15, 0.2) is 0 Å². The van der Waals surface area contributed by atoms with E-state index >= 15 is 0 Å². The van der Waals surface area contributed by atoms with Gasteiger partial charge in [-0.2, -0.15) is 0 Å². The minimum absolute atomic E-state index is 0.458. The Hall–Kier alpha value is -1.79. The quantitative estimate of drug-likeness (QED) is 0.583. The SMILES string of the molecule is O=C(O)CN(CC(=O)O)C(=O)NCCC1CC1. The van der Waals surface area contributed by atoms with E-state index in [-0.39, 0.29) is 0 Å². The van der Waals surface area contributed by atoms with E-state index in [1.54, 1.807) is 0 Å². The summed E-state index contributed by atoms with van der Waals surface area (Å²) in [4.78, 5) is 33.2. The van der Waals surface area contributed by atoms with Gasteiger partial charge in [0.05, 0.1) is 0 Å². The minimum Gasteiger partial charge on any atom is -0.480 e. The van der Waals surface area contributed by atoms with Crippen LogP contribution in [0.1, 0.15) is 19.3 Å². The average Bonchev–Trinajstić information content (AvgIpc) is 2.99. The second-order valence-corrected chi connectivity index (χ2v) is 4.11. The van der Waals surface area contributed by atoms with Gasteiger partial charge < -0.3 is 20.4 Å². The summed E-state index contributed by atoms with van der Waals surface area (Å²) in [6, 6.07) is -0.643. The van der Waals surface area contributed by atoms with Crippen LogP contribution in [0.3, 0.4) is 0 Å². The maximum absolute atomic E-state index is 11.5. The molecule has 1 fully saturated rings. The number of amides is 2. The fourth-order valence-corrected chi connectivity index (χ4v) is 1.43. The summed E-state index contributed by atoms with van der Waals surface area (Å²) < 4.78 is 0. The van der Waals surface area contributed by atoms with Crippen molar-refractivity contribution in [3.63, 3.8) is 0 Å². The van der Waals surface area contributed by atoms with E-state index in [0.717, 1.165) is 11.3 Å². The third kappa shape index (κ3) is 5.74. The molecule has 96 valence electrons. The van der Waals surface area contributed by atoms with Crippen molar-refractivity contribution in [3.8, 4) is 0 Å². The molecule has 0 aromatic heterocycles. The Bertz CT molecular complexity index is 298. The summed E-state index contributed by atoms with van der Waals surface area (Å²) in [5.41, 5.74) is 0. The first-order chi connectivity index (χ1) is 7.99. The van der Waals surface area contributed by atoms with Crippen LogP contribution in [0, 0.1) is 5.92 Å². The van der Waals surface area contributed by atoms with Crippen molar-refractivity contribution >= 4 is 18.0 Å². The lowest BCUT2D eigenvalue weighted by Crippen LogP contribution is -2.45. The number of carboxylic acid groups (broad SMARTS) is 2. The second-order valence-electron chi connectivity index (χ2n) is 4.11. The topological polar surface area (TPSA) is 107 Å². The van der Waals surface area contributed by atoms with Crippen LogP contribution in [-0.2, 0) is 9.59 Å². The zero-order chi connectivity index (χ0) is 12.8. The fraction of sp³-hybridized carbons (Fsp3) is 0.700. The van der Waals surface area contributed by atoms with E-state index in [0.29, 0.717) is 12.5 Å². The normalized spacial score (nSPS) is 14.1. The number of hydrogen-bond acceptors (Lipinski definition) is 3. The zero-order valence-electron chi connectivity index (χ0n) is 9.39. The van der Waals surface area contributed by atoms with Gasteiger partial charge in [0.1, 0.15) is 13.1 Å². The number of urea groups is 1. The first kappa shape index (κ1) is 13.3. The number of aliphatic carboxylic acids is 2. The molecule has 17 heavy (non-hydrogen) atoms. The first-order valence-electron chi connectivity index (χ1n) is 5.45. The average molecular weight is 244 g/mol. The molecule has 1 rings (SSSR count). The van der Waals surface area contributed by atoms with Gasteiger partial charge >= 0.3 is 18.0 Å². The molecular weight excluding hydrogens is 228 g/mol. The van der Waals surface area contributed by atoms with Gasteiger partial charge in [-0.15, -0.1) is 0 Å². The number of hydrogen-bond donors (Lipinski definition) is 3. The molecule has 0 aliphatic heterocycles. The van der Waals surface area contributed by atoms with Crippen molar-refractivity contribution in [3.05, 3.63) is 0 Å². The van der Waals surface area contributed by atoms with E-state index in [4.69, 9.17) is 10.2 Å². The summed E-state index contributed by atoms with van der Waals surface area (Å²) in [5, 5.41) is 19.6. The smallest absolute Gasteiger partial charge is 0.323 e. The molecule has 0 aromatic rings. The second kappa shape index (κ2) is 6.07. The monoisotopic (exact) mass is 244 g/mol. The van der Waals surface area contributed by atoms with Crippen LogP contribution in [0.2, 0.25) is 0 Å². The van der Waals surface area contributed by atoms with Crippen LogP contribution in [0.5, 0.6) is 0 Å². The molecule has 7 nitrogen and oxygen atoms in total. The Morgan fingerprint density at radius 1 is 1.12 bits per heavy atom. The van der Waals surface area contributed by atoms with E-state index in [9.17, 15) is 14.4 Å². The van der Waals surface area contributed by atoms with Crippen molar-refractivity contribution in [1.29, 1.82) is 0 Å². The Balaban J connectivity index is 2.33. The molecule has 2 amide bonds. The standard InChI is InChI=1S/C10H16N2O5/c13-8(14)5-12(6-9(15)16)10(17)11-4-3-7-1-2-7/h7H,1-6H2,(H,11,17)(H,13,14)(H,15,16). The van der Waals surface area contributed by atoms with Gasteiger partial charge in [0, 0.05) is 6.54 Å². The van der Waals surface area contributed by atoms with Gasteiger partial charge in [0.2, 0.25) is 0 Å². The van der Waals surface area contributed by atoms with Gasteiger partial charge in [-0.05, 0) is 12.3 Å². The molecule has 1 aliphatic rings. The van der Waals surface area contributed by atoms with Crippen molar-refractivity contribution in [1.82, 2.24) is 10.2 Å². The molecule has 3 N–H and O–H groups in total. The van der Waals surface area contributed by atoms with Crippen LogP contribution in [-0.4, -0.2) is 52.7 Å².